The van der Waals surface area contributed by atoms with Crippen LogP contribution in [0.25, 0.3) is 11.4 Å². The number of carbonyl (C=O) groups excluding carboxylic acids is 1. The predicted octanol–water partition coefficient (Wildman–Crippen LogP) is 2.96. The number of amides is 1. The zero-order valence-electron chi connectivity index (χ0n) is 14.5. The Morgan fingerprint density at radius 3 is 2.64 bits per heavy atom. The summed E-state index contributed by atoms with van der Waals surface area (Å²) >= 11 is 0. The van der Waals surface area contributed by atoms with Crippen molar-refractivity contribution in [2.45, 2.75) is 26.7 Å². The fraction of sp³-hybridized carbons (Fsp3) is 0.421. The van der Waals surface area contributed by atoms with Crippen molar-refractivity contribution in [1.29, 1.82) is 0 Å². The van der Waals surface area contributed by atoms with E-state index in [1.807, 2.05) is 44.2 Å². The summed E-state index contributed by atoms with van der Waals surface area (Å²) in [5.74, 6) is -0.838. The van der Waals surface area contributed by atoms with E-state index in [9.17, 15) is 14.7 Å². The number of H-pyrrole nitrogens is 1. The molecule has 1 amide bonds. The Morgan fingerprint density at radius 1 is 1.28 bits per heavy atom. The van der Waals surface area contributed by atoms with Gasteiger partial charge in [0.2, 0.25) is 0 Å². The minimum absolute atomic E-state index is 0.0132. The molecule has 1 aromatic heterocycles. The van der Waals surface area contributed by atoms with E-state index in [2.05, 4.69) is 9.97 Å². The quantitative estimate of drug-likeness (QED) is 0.875. The maximum absolute atomic E-state index is 12.9. The number of nitrogens with zero attached hydrogens (tertiary/aromatic N) is 2. The van der Waals surface area contributed by atoms with Crippen LogP contribution >= 0.6 is 0 Å². The van der Waals surface area contributed by atoms with Gasteiger partial charge < -0.3 is 15.0 Å². The van der Waals surface area contributed by atoms with Crippen LogP contribution in [0.5, 0.6) is 0 Å². The number of benzene rings is 1. The molecule has 0 spiro atoms. The summed E-state index contributed by atoms with van der Waals surface area (Å²) in [4.78, 5) is 33.6. The molecule has 6 nitrogen and oxygen atoms in total. The second-order valence-corrected chi connectivity index (χ2v) is 6.63. The third-order valence-corrected chi connectivity index (χ3v) is 4.84. The van der Waals surface area contributed by atoms with Crippen LogP contribution in [-0.2, 0) is 4.79 Å². The molecule has 1 fully saturated rings. The van der Waals surface area contributed by atoms with Gasteiger partial charge in [0.1, 0.15) is 11.5 Å². The van der Waals surface area contributed by atoms with Gasteiger partial charge in [0, 0.05) is 24.3 Å². The highest BCUT2D eigenvalue weighted by atomic mass is 16.4. The van der Waals surface area contributed by atoms with Crippen LogP contribution in [0.4, 0.5) is 0 Å². The first-order chi connectivity index (χ1) is 12.0. The third-order valence-electron chi connectivity index (χ3n) is 4.84. The van der Waals surface area contributed by atoms with E-state index in [1.165, 1.54) is 0 Å². The van der Waals surface area contributed by atoms with Crippen LogP contribution in [0, 0.1) is 18.8 Å². The molecule has 132 valence electrons. The monoisotopic (exact) mass is 341 g/mol. The molecular formula is C19H23N3O3. The number of hydrogen-bond donors (Lipinski definition) is 2. The lowest BCUT2D eigenvalue weighted by atomic mass is 9.92. The number of nitrogens with one attached hydrogen (secondary N) is 1. The van der Waals surface area contributed by atoms with Crippen molar-refractivity contribution >= 4 is 11.9 Å². The molecule has 0 saturated carbocycles. The molecule has 6 heteroatoms. The van der Waals surface area contributed by atoms with Crippen molar-refractivity contribution in [1.82, 2.24) is 14.9 Å². The van der Waals surface area contributed by atoms with Gasteiger partial charge in [-0.2, -0.15) is 0 Å². The Hall–Kier alpha value is -2.63. The molecule has 1 aliphatic rings. The first kappa shape index (κ1) is 17.2. The zero-order valence-corrected chi connectivity index (χ0v) is 14.5. The van der Waals surface area contributed by atoms with Crippen LogP contribution in [0.2, 0.25) is 0 Å². The summed E-state index contributed by atoms with van der Waals surface area (Å²) in [5.41, 5.74) is 1.99. The van der Waals surface area contributed by atoms with E-state index in [0.717, 1.165) is 18.4 Å². The molecule has 0 aliphatic carbocycles. The molecule has 2 N–H and O–H groups in total. The molecule has 2 aromatic rings. The van der Waals surface area contributed by atoms with Gasteiger partial charge in [0.25, 0.3) is 5.91 Å². The fourth-order valence-corrected chi connectivity index (χ4v) is 3.53. The molecule has 25 heavy (non-hydrogen) atoms. The van der Waals surface area contributed by atoms with E-state index in [1.54, 1.807) is 4.90 Å². The SMILES string of the molecule is CCC[C@@H]1CN(C(=O)c2nc(-c3ccccc3)[nH]c2C)C[C@H]1C(=O)O. The number of rotatable bonds is 5. The molecule has 1 aliphatic heterocycles. The van der Waals surface area contributed by atoms with Gasteiger partial charge in [-0.3, -0.25) is 9.59 Å². The van der Waals surface area contributed by atoms with Crippen molar-refractivity contribution in [2.75, 3.05) is 13.1 Å². The molecular weight excluding hydrogens is 318 g/mol. The lowest BCUT2D eigenvalue weighted by Gasteiger charge is -2.15. The van der Waals surface area contributed by atoms with E-state index in [4.69, 9.17) is 0 Å². The van der Waals surface area contributed by atoms with Gasteiger partial charge in [-0.1, -0.05) is 43.7 Å². The number of likely N-dealkylation sites (tertiary alicyclic amines) is 1. The Balaban J connectivity index is 1.82. The first-order valence-electron chi connectivity index (χ1n) is 8.65. The van der Waals surface area contributed by atoms with Gasteiger partial charge in [-0.25, -0.2) is 4.98 Å². The molecule has 0 radical (unpaired) electrons. The van der Waals surface area contributed by atoms with Gasteiger partial charge in [0.15, 0.2) is 0 Å². The Labute approximate surface area is 146 Å². The van der Waals surface area contributed by atoms with Crippen LogP contribution in [-0.4, -0.2) is 44.9 Å². The average Bonchev–Trinajstić information content (AvgIpc) is 3.19. The molecule has 0 bridgehead atoms. The third kappa shape index (κ3) is 3.43. The summed E-state index contributed by atoms with van der Waals surface area (Å²) in [5, 5.41) is 9.43. The normalized spacial score (nSPS) is 20.0. The summed E-state index contributed by atoms with van der Waals surface area (Å²) in [7, 11) is 0. The highest BCUT2D eigenvalue weighted by Gasteiger charge is 2.40. The second kappa shape index (κ2) is 7.09. The van der Waals surface area contributed by atoms with Crippen LogP contribution in [0.1, 0.15) is 35.9 Å². The Kier molecular flexibility index (Phi) is 4.88. The van der Waals surface area contributed by atoms with E-state index < -0.39 is 11.9 Å². The van der Waals surface area contributed by atoms with Crippen molar-refractivity contribution in [2.24, 2.45) is 11.8 Å². The highest BCUT2D eigenvalue weighted by molar-refractivity contribution is 5.94. The first-order valence-corrected chi connectivity index (χ1v) is 8.65. The number of aromatic nitrogens is 2. The van der Waals surface area contributed by atoms with Gasteiger partial charge in [0.05, 0.1) is 5.92 Å². The predicted molar refractivity (Wildman–Crippen MR) is 94.2 cm³/mol. The number of aromatic amines is 1. The number of imidazole rings is 1. The number of aryl methyl sites for hydroxylation is 1. The smallest absolute Gasteiger partial charge is 0.308 e. The topological polar surface area (TPSA) is 86.3 Å². The fourth-order valence-electron chi connectivity index (χ4n) is 3.53. The lowest BCUT2D eigenvalue weighted by molar-refractivity contribution is -0.142. The maximum Gasteiger partial charge on any atom is 0.308 e. The highest BCUT2D eigenvalue weighted by Crippen LogP contribution is 2.29. The number of hydrogen-bond acceptors (Lipinski definition) is 3. The number of aliphatic carboxylic acids is 1. The molecule has 2 heterocycles. The second-order valence-electron chi connectivity index (χ2n) is 6.63. The van der Waals surface area contributed by atoms with Crippen LogP contribution in [0.15, 0.2) is 30.3 Å². The molecule has 3 rings (SSSR count). The van der Waals surface area contributed by atoms with Crippen LogP contribution in [0.3, 0.4) is 0 Å². The minimum atomic E-state index is -0.822. The summed E-state index contributed by atoms with van der Waals surface area (Å²) < 4.78 is 0. The van der Waals surface area contributed by atoms with E-state index in [0.29, 0.717) is 23.8 Å². The standard InChI is InChI=1S/C19H23N3O3/c1-3-7-14-10-22(11-15(14)19(24)25)18(23)16-12(2)20-17(21-16)13-8-5-4-6-9-13/h4-6,8-9,14-15H,3,7,10-11H2,1-2H3,(H,20,21)(H,24,25)/t14-,15-/m1/s1. The molecule has 2 atom stereocenters. The number of carboxylic acid groups (broad SMARTS) is 1. The van der Waals surface area contributed by atoms with Crippen LogP contribution < -0.4 is 0 Å². The van der Waals surface area contributed by atoms with Crippen molar-refractivity contribution in [3.8, 4) is 11.4 Å². The summed E-state index contributed by atoms with van der Waals surface area (Å²) in [6.45, 7) is 4.59. The lowest BCUT2D eigenvalue weighted by Crippen LogP contribution is -2.30. The summed E-state index contributed by atoms with van der Waals surface area (Å²) in [6.07, 6.45) is 1.73. The Morgan fingerprint density at radius 2 is 2.00 bits per heavy atom. The van der Waals surface area contributed by atoms with Crippen molar-refractivity contribution < 1.29 is 14.7 Å². The van der Waals surface area contributed by atoms with E-state index in [-0.39, 0.29) is 18.4 Å². The largest absolute Gasteiger partial charge is 0.481 e. The van der Waals surface area contributed by atoms with E-state index >= 15 is 0 Å². The number of carbonyl (C=O) groups is 2. The maximum atomic E-state index is 12.9. The van der Waals surface area contributed by atoms with Gasteiger partial charge in [-0.15, -0.1) is 0 Å². The zero-order chi connectivity index (χ0) is 18.0. The molecule has 0 unspecified atom stereocenters. The van der Waals surface area contributed by atoms with Gasteiger partial charge in [-0.05, 0) is 19.3 Å². The molecule has 1 aromatic carbocycles. The average molecular weight is 341 g/mol. The Bertz CT molecular complexity index is 769. The van der Waals surface area contributed by atoms with Crippen molar-refractivity contribution in [3.63, 3.8) is 0 Å². The van der Waals surface area contributed by atoms with Gasteiger partial charge >= 0.3 is 5.97 Å². The summed E-state index contributed by atoms with van der Waals surface area (Å²) in [6, 6.07) is 9.62. The van der Waals surface area contributed by atoms with Crippen molar-refractivity contribution in [3.05, 3.63) is 41.7 Å². The minimum Gasteiger partial charge on any atom is -0.481 e. The molecule has 1 saturated heterocycles. The number of carboxylic acids is 1.